The predicted octanol–water partition coefficient (Wildman–Crippen LogP) is 5.29. The van der Waals surface area contributed by atoms with Crippen molar-refractivity contribution in [1.29, 1.82) is 0 Å². The quantitative estimate of drug-likeness (QED) is 0.563. The van der Waals surface area contributed by atoms with Crippen LogP contribution in [0.25, 0.3) is 10.9 Å². The molecule has 0 spiro atoms. The van der Waals surface area contributed by atoms with Gasteiger partial charge in [-0.15, -0.1) is 0 Å². The van der Waals surface area contributed by atoms with Crippen molar-refractivity contribution in [3.8, 4) is 5.75 Å². The van der Waals surface area contributed by atoms with E-state index in [-0.39, 0.29) is 5.82 Å². The zero-order valence-electron chi connectivity index (χ0n) is 12.1. The fraction of sp³-hybridized carbons (Fsp3) is 0.222. The molecular weight excluding hydrogens is 301 g/mol. The fourth-order valence-electron chi connectivity index (χ4n) is 2.47. The minimum Gasteiger partial charge on any atom is -0.494 e. The second kappa shape index (κ2) is 6.84. The Morgan fingerprint density at radius 2 is 1.82 bits per heavy atom. The van der Waals surface area contributed by atoms with E-state index in [1.54, 1.807) is 6.07 Å². The Kier molecular flexibility index (Phi) is 4.64. The van der Waals surface area contributed by atoms with Crippen LogP contribution in [0.3, 0.4) is 0 Å². The lowest BCUT2D eigenvalue weighted by atomic mass is 10.2. The third-order valence-corrected chi connectivity index (χ3v) is 3.86. The van der Waals surface area contributed by atoms with Crippen molar-refractivity contribution in [1.82, 2.24) is 4.57 Å². The number of rotatable bonds is 6. The van der Waals surface area contributed by atoms with Crippen LogP contribution in [0.15, 0.2) is 54.7 Å². The summed E-state index contributed by atoms with van der Waals surface area (Å²) in [6.07, 6.45) is 3.97. The number of hydrogen-bond acceptors (Lipinski definition) is 1. The van der Waals surface area contributed by atoms with Crippen LogP contribution in [-0.4, -0.2) is 11.2 Å². The Labute approximate surface area is 134 Å². The summed E-state index contributed by atoms with van der Waals surface area (Å²) in [7, 11) is 0. The van der Waals surface area contributed by atoms with Crippen LogP contribution >= 0.6 is 11.6 Å². The molecule has 0 aliphatic carbocycles. The van der Waals surface area contributed by atoms with E-state index in [0.717, 1.165) is 36.0 Å². The molecule has 0 saturated heterocycles. The fourth-order valence-corrected chi connectivity index (χ4v) is 2.60. The maximum atomic E-state index is 13.2. The van der Waals surface area contributed by atoms with E-state index in [2.05, 4.69) is 4.57 Å². The Bertz CT molecular complexity index is 751. The van der Waals surface area contributed by atoms with Crippen molar-refractivity contribution in [2.75, 3.05) is 6.61 Å². The molecule has 0 saturated carbocycles. The molecule has 0 bridgehead atoms. The second-order valence-electron chi connectivity index (χ2n) is 5.22. The lowest BCUT2D eigenvalue weighted by Gasteiger charge is -2.08. The molecule has 0 unspecified atom stereocenters. The average Bonchev–Trinajstić information content (AvgIpc) is 2.91. The number of ether oxygens (including phenoxy) is 1. The first-order valence-corrected chi connectivity index (χ1v) is 7.73. The molecule has 114 valence electrons. The van der Waals surface area contributed by atoms with Gasteiger partial charge in [0.05, 0.1) is 6.61 Å². The monoisotopic (exact) mass is 317 g/mol. The highest BCUT2D eigenvalue weighted by Crippen LogP contribution is 2.18. The molecule has 4 heteroatoms. The van der Waals surface area contributed by atoms with Gasteiger partial charge in [0.1, 0.15) is 11.6 Å². The van der Waals surface area contributed by atoms with Crippen molar-refractivity contribution in [2.24, 2.45) is 0 Å². The maximum absolute atomic E-state index is 13.2. The smallest absolute Gasteiger partial charge is 0.123 e. The molecule has 2 nitrogen and oxygen atoms in total. The Balaban J connectivity index is 1.47. The molecule has 1 heterocycles. The van der Waals surface area contributed by atoms with E-state index in [4.69, 9.17) is 16.3 Å². The Hall–Kier alpha value is -2.00. The molecule has 3 rings (SSSR count). The van der Waals surface area contributed by atoms with Gasteiger partial charge >= 0.3 is 0 Å². The number of aryl methyl sites for hydroxylation is 1. The molecule has 0 atom stereocenters. The van der Waals surface area contributed by atoms with E-state index in [1.807, 2.05) is 42.6 Å². The normalized spacial score (nSPS) is 11.0. The highest BCUT2D eigenvalue weighted by molar-refractivity contribution is 6.30. The van der Waals surface area contributed by atoms with E-state index in [1.165, 1.54) is 6.07 Å². The summed E-state index contributed by atoms with van der Waals surface area (Å²) in [5.41, 5.74) is 1.07. The van der Waals surface area contributed by atoms with E-state index >= 15 is 0 Å². The van der Waals surface area contributed by atoms with Crippen LogP contribution < -0.4 is 4.74 Å². The highest BCUT2D eigenvalue weighted by Gasteiger charge is 2.02. The van der Waals surface area contributed by atoms with Crippen LogP contribution in [0.4, 0.5) is 4.39 Å². The van der Waals surface area contributed by atoms with Gasteiger partial charge in [-0.05, 0) is 61.4 Å². The van der Waals surface area contributed by atoms with Crippen molar-refractivity contribution in [2.45, 2.75) is 19.4 Å². The minimum absolute atomic E-state index is 0.193. The van der Waals surface area contributed by atoms with Crippen molar-refractivity contribution in [3.63, 3.8) is 0 Å². The number of fused-ring (bicyclic) bond motifs is 1. The standard InChI is InChI=1S/C18H17ClFNO/c19-15-3-6-17(7-4-15)22-12-2-1-10-21-11-9-14-13-16(20)5-8-18(14)21/h3-9,11,13H,1-2,10,12H2. The van der Waals surface area contributed by atoms with Crippen molar-refractivity contribution < 1.29 is 9.13 Å². The lowest BCUT2D eigenvalue weighted by Crippen LogP contribution is -2.01. The maximum Gasteiger partial charge on any atom is 0.123 e. The predicted molar refractivity (Wildman–Crippen MR) is 88.1 cm³/mol. The van der Waals surface area contributed by atoms with Gasteiger partial charge in [0.25, 0.3) is 0 Å². The number of halogens is 2. The summed E-state index contributed by atoms with van der Waals surface area (Å²) in [5, 5.41) is 1.65. The number of hydrogen-bond donors (Lipinski definition) is 0. The molecule has 0 aliphatic rings. The molecule has 0 N–H and O–H groups in total. The molecular formula is C18H17ClFNO. The van der Waals surface area contributed by atoms with Crippen LogP contribution in [0.1, 0.15) is 12.8 Å². The molecule has 0 fully saturated rings. The molecule has 0 amide bonds. The largest absolute Gasteiger partial charge is 0.494 e. The summed E-state index contributed by atoms with van der Waals surface area (Å²) >= 11 is 5.83. The van der Waals surface area contributed by atoms with Gasteiger partial charge in [0.2, 0.25) is 0 Å². The summed E-state index contributed by atoms with van der Waals surface area (Å²) in [6, 6.07) is 14.2. The van der Waals surface area contributed by atoms with E-state index in [0.29, 0.717) is 11.6 Å². The van der Waals surface area contributed by atoms with Gasteiger partial charge in [-0.1, -0.05) is 11.6 Å². The molecule has 1 aromatic heterocycles. The summed E-state index contributed by atoms with van der Waals surface area (Å²) < 4.78 is 21.0. The van der Waals surface area contributed by atoms with Crippen LogP contribution in [-0.2, 0) is 6.54 Å². The number of nitrogens with zero attached hydrogens (tertiary/aromatic N) is 1. The SMILES string of the molecule is Fc1ccc2c(ccn2CCCCOc2ccc(Cl)cc2)c1. The number of benzene rings is 2. The van der Waals surface area contributed by atoms with Gasteiger partial charge in [0.15, 0.2) is 0 Å². The van der Waals surface area contributed by atoms with Crippen molar-refractivity contribution >= 4 is 22.5 Å². The summed E-state index contributed by atoms with van der Waals surface area (Å²) in [5.74, 6) is 0.646. The topological polar surface area (TPSA) is 14.2 Å². The van der Waals surface area contributed by atoms with Gasteiger partial charge in [0, 0.05) is 28.7 Å². The van der Waals surface area contributed by atoms with Crippen LogP contribution in [0.5, 0.6) is 5.75 Å². The molecule has 3 aromatic rings. The first-order chi connectivity index (χ1) is 10.7. The molecule has 22 heavy (non-hydrogen) atoms. The number of aromatic nitrogens is 1. The number of unbranched alkanes of at least 4 members (excludes halogenated alkanes) is 1. The van der Waals surface area contributed by atoms with E-state index < -0.39 is 0 Å². The van der Waals surface area contributed by atoms with Gasteiger partial charge in [-0.2, -0.15) is 0 Å². The van der Waals surface area contributed by atoms with Gasteiger partial charge in [-0.25, -0.2) is 4.39 Å². The third kappa shape index (κ3) is 3.60. The van der Waals surface area contributed by atoms with Gasteiger partial charge < -0.3 is 9.30 Å². The van der Waals surface area contributed by atoms with Crippen LogP contribution in [0, 0.1) is 5.82 Å². The van der Waals surface area contributed by atoms with E-state index in [9.17, 15) is 4.39 Å². The molecule has 0 aliphatic heterocycles. The lowest BCUT2D eigenvalue weighted by molar-refractivity contribution is 0.303. The van der Waals surface area contributed by atoms with Crippen molar-refractivity contribution in [3.05, 3.63) is 65.6 Å². The zero-order valence-corrected chi connectivity index (χ0v) is 12.9. The average molecular weight is 318 g/mol. The summed E-state index contributed by atoms with van der Waals surface area (Å²) in [6.45, 7) is 1.58. The first-order valence-electron chi connectivity index (χ1n) is 7.35. The highest BCUT2D eigenvalue weighted by atomic mass is 35.5. The van der Waals surface area contributed by atoms with Crippen LogP contribution in [0.2, 0.25) is 5.02 Å². The minimum atomic E-state index is -0.193. The Morgan fingerprint density at radius 1 is 1.00 bits per heavy atom. The summed E-state index contributed by atoms with van der Waals surface area (Å²) in [4.78, 5) is 0. The molecule has 2 aromatic carbocycles. The second-order valence-corrected chi connectivity index (χ2v) is 5.66. The van der Waals surface area contributed by atoms with Gasteiger partial charge in [-0.3, -0.25) is 0 Å². The molecule has 0 radical (unpaired) electrons. The third-order valence-electron chi connectivity index (χ3n) is 3.61. The zero-order chi connectivity index (χ0) is 15.4. The first kappa shape index (κ1) is 14.9. The Morgan fingerprint density at radius 3 is 2.64 bits per heavy atom.